The summed E-state index contributed by atoms with van der Waals surface area (Å²) in [4.78, 5) is 12.5. The van der Waals surface area contributed by atoms with E-state index in [1.165, 1.54) is 37.7 Å². The Hall–Kier alpha value is -1.11. The predicted molar refractivity (Wildman–Crippen MR) is 78.5 cm³/mol. The summed E-state index contributed by atoms with van der Waals surface area (Å²) in [5, 5.41) is 0. The van der Waals surface area contributed by atoms with Crippen molar-refractivity contribution in [2.45, 2.75) is 57.8 Å². The highest BCUT2D eigenvalue weighted by atomic mass is 16.1. The number of benzene rings is 1. The first kappa shape index (κ1) is 12.9. The summed E-state index contributed by atoms with van der Waals surface area (Å²) in [5.74, 6) is 2.14. The van der Waals surface area contributed by atoms with Gasteiger partial charge in [-0.3, -0.25) is 4.79 Å². The lowest BCUT2D eigenvalue weighted by Gasteiger charge is -2.27. The van der Waals surface area contributed by atoms with Crippen LogP contribution in [0.3, 0.4) is 0 Å². The highest BCUT2D eigenvalue weighted by Crippen LogP contribution is 2.36. The number of Topliss-reactive ketones (excluding diaryl/α,β-unsaturated/α-hetero) is 1. The molecule has 1 heteroatoms. The maximum absolute atomic E-state index is 12.5. The molecule has 0 radical (unpaired) electrons. The summed E-state index contributed by atoms with van der Waals surface area (Å²) in [5.41, 5.74) is 2.36. The van der Waals surface area contributed by atoms with Crippen LogP contribution in [0.25, 0.3) is 0 Å². The normalized spacial score (nSPS) is 27.8. The van der Waals surface area contributed by atoms with Crippen LogP contribution >= 0.6 is 0 Å². The van der Waals surface area contributed by atoms with Gasteiger partial charge in [0.25, 0.3) is 0 Å². The maximum Gasteiger partial charge on any atom is 0.165 e. The van der Waals surface area contributed by atoms with Gasteiger partial charge in [0, 0.05) is 11.5 Å². The number of carbonyl (C=O) groups is 1. The Morgan fingerprint density at radius 1 is 1.00 bits per heavy atom. The van der Waals surface area contributed by atoms with Gasteiger partial charge in [-0.2, -0.15) is 0 Å². The van der Waals surface area contributed by atoms with Gasteiger partial charge in [-0.1, -0.05) is 50.5 Å². The number of hydrogen-bond acceptors (Lipinski definition) is 1. The predicted octanol–water partition coefficient (Wildman–Crippen LogP) is 4.96. The van der Waals surface area contributed by atoms with Crippen molar-refractivity contribution >= 4 is 5.78 Å². The molecule has 2 fully saturated rings. The van der Waals surface area contributed by atoms with Gasteiger partial charge in [-0.05, 0) is 43.1 Å². The first-order valence-corrected chi connectivity index (χ1v) is 7.88. The zero-order chi connectivity index (χ0) is 13.2. The van der Waals surface area contributed by atoms with E-state index in [2.05, 4.69) is 31.2 Å². The van der Waals surface area contributed by atoms with E-state index in [9.17, 15) is 4.79 Å². The Labute approximate surface area is 116 Å². The smallest absolute Gasteiger partial charge is 0.165 e. The highest BCUT2D eigenvalue weighted by molar-refractivity contribution is 5.97. The van der Waals surface area contributed by atoms with Gasteiger partial charge in [0.15, 0.2) is 5.78 Å². The summed E-state index contributed by atoms with van der Waals surface area (Å²) in [7, 11) is 0. The van der Waals surface area contributed by atoms with Gasteiger partial charge in [0.1, 0.15) is 0 Å². The molecule has 0 spiro atoms. The van der Waals surface area contributed by atoms with Crippen molar-refractivity contribution in [3.05, 3.63) is 35.4 Å². The number of rotatable bonds is 3. The highest BCUT2D eigenvalue weighted by Gasteiger charge is 2.26. The molecule has 2 atom stereocenters. The third kappa shape index (κ3) is 2.75. The lowest BCUT2D eigenvalue weighted by atomic mass is 9.77. The van der Waals surface area contributed by atoms with E-state index in [0.717, 1.165) is 30.2 Å². The van der Waals surface area contributed by atoms with Gasteiger partial charge in [-0.25, -0.2) is 0 Å². The van der Waals surface area contributed by atoms with Crippen molar-refractivity contribution in [1.82, 2.24) is 0 Å². The van der Waals surface area contributed by atoms with Crippen molar-refractivity contribution in [2.24, 2.45) is 11.8 Å². The summed E-state index contributed by atoms with van der Waals surface area (Å²) in [6.07, 6.45) is 8.71. The number of carbonyl (C=O) groups excluding carboxylic acids is 1. The topological polar surface area (TPSA) is 17.1 Å². The molecule has 0 N–H and O–H groups in total. The quantitative estimate of drug-likeness (QED) is 0.698. The largest absolute Gasteiger partial charge is 0.294 e. The van der Waals surface area contributed by atoms with E-state index in [1.807, 2.05) is 0 Å². The van der Waals surface area contributed by atoms with Gasteiger partial charge < -0.3 is 0 Å². The molecule has 1 aromatic carbocycles. The standard InChI is InChI=1S/C18H24O/c1-13-4-2-7-17(12-13)18(19)16-10-8-15(9-11-16)14-5-3-6-14/h8-11,13-14,17H,2-7,12H2,1H3. The van der Waals surface area contributed by atoms with Gasteiger partial charge in [0.2, 0.25) is 0 Å². The molecule has 1 aromatic rings. The molecule has 0 aliphatic heterocycles. The Bertz CT molecular complexity index is 441. The van der Waals surface area contributed by atoms with Gasteiger partial charge in [-0.15, -0.1) is 0 Å². The van der Waals surface area contributed by atoms with Crippen molar-refractivity contribution in [1.29, 1.82) is 0 Å². The summed E-state index contributed by atoms with van der Waals surface area (Å²) in [6.45, 7) is 2.28. The van der Waals surface area contributed by atoms with E-state index >= 15 is 0 Å². The molecular weight excluding hydrogens is 232 g/mol. The third-order valence-corrected chi connectivity index (χ3v) is 5.08. The first-order valence-electron chi connectivity index (χ1n) is 7.88. The lowest BCUT2D eigenvalue weighted by Crippen LogP contribution is -2.22. The minimum absolute atomic E-state index is 0.276. The fourth-order valence-corrected chi connectivity index (χ4v) is 3.57. The molecular formula is C18H24O. The first-order chi connectivity index (χ1) is 9.24. The lowest BCUT2D eigenvalue weighted by molar-refractivity contribution is 0.0868. The van der Waals surface area contributed by atoms with Crippen molar-refractivity contribution in [2.75, 3.05) is 0 Å². The van der Waals surface area contributed by atoms with E-state index < -0.39 is 0 Å². The van der Waals surface area contributed by atoms with Crippen LogP contribution in [0.2, 0.25) is 0 Å². The fraction of sp³-hybridized carbons (Fsp3) is 0.611. The Balaban J connectivity index is 1.68. The van der Waals surface area contributed by atoms with Crippen molar-refractivity contribution in [3.8, 4) is 0 Å². The fourth-order valence-electron chi connectivity index (χ4n) is 3.57. The van der Waals surface area contributed by atoms with E-state index in [0.29, 0.717) is 5.78 Å². The molecule has 2 aliphatic rings. The molecule has 0 aromatic heterocycles. The Morgan fingerprint density at radius 2 is 1.68 bits per heavy atom. The molecule has 1 nitrogen and oxygen atoms in total. The zero-order valence-electron chi connectivity index (χ0n) is 11.9. The average Bonchev–Trinajstić information content (AvgIpc) is 2.37. The minimum Gasteiger partial charge on any atom is -0.294 e. The number of hydrogen-bond donors (Lipinski definition) is 0. The van der Waals surface area contributed by atoms with Crippen LogP contribution < -0.4 is 0 Å². The molecule has 0 saturated heterocycles. The van der Waals surface area contributed by atoms with E-state index in [-0.39, 0.29) is 5.92 Å². The summed E-state index contributed by atoms with van der Waals surface area (Å²) >= 11 is 0. The second kappa shape index (κ2) is 5.48. The van der Waals surface area contributed by atoms with E-state index in [1.54, 1.807) is 0 Å². The maximum atomic E-state index is 12.5. The van der Waals surface area contributed by atoms with Crippen molar-refractivity contribution in [3.63, 3.8) is 0 Å². The SMILES string of the molecule is CC1CCCC(C(=O)c2ccc(C3CCC3)cc2)C1. The molecule has 2 aliphatic carbocycles. The van der Waals surface area contributed by atoms with Crippen LogP contribution in [-0.2, 0) is 0 Å². The molecule has 0 heterocycles. The minimum atomic E-state index is 0.276. The second-order valence-electron chi connectivity index (χ2n) is 6.58. The van der Waals surface area contributed by atoms with E-state index in [4.69, 9.17) is 0 Å². The van der Waals surface area contributed by atoms with Gasteiger partial charge in [0.05, 0.1) is 0 Å². The van der Waals surface area contributed by atoms with Crippen LogP contribution in [0, 0.1) is 11.8 Å². The third-order valence-electron chi connectivity index (χ3n) is 5.08. The van der Waals surface area contributed by atoms with Crippen molar-refractivity contribution < 1.29 is 4.79 Å². The Kier molecular flexibility index (Phi) is 3.72. The number of ketones is 1. The molecule has 102 valence electrons. The molecule has 0 bridgehead atoms. The van der Waals surface area contributed by atoms with Gasteiger partial charge >= 0.3 is 0 Å². The van der Waals surface area contributed by atoms with Crippen LogP contribution in [-0.4, -0.2) is 5.78 Å². The van der Waals surface area contributed by atoms with Crippen LogP contribution in [0.5, 0.6) is 0 Å². The second-order valence-corrected chi connectivity index (χ2v) is 6.58. The summed E-state index contributed by atoms with van der Waals surface area (Å²) in [6, 6.07) is 8.50. The molecule has 3 rings (SSSR count). The molecule has 2 saturated carbocycles. The van der Waals surface area contributed by atoms with Crippen LogP contribution in [0.1, 0.15) is 73.7 Å². The average molecular weight is 256 g/mol. The van der Waals surface area contributed by atoms with Crippen LogP contribution in [0.4, 0.5) is 0 Å². The Morgan fingerprint density at radius 3 is 2.26 bits per heavy atom. The molecule has 2 unspecified atom stereocenters. The zero-order valence-corrected chi connectivity index (χ0v) is 11.9. The summed E-state index contributed by atoms with van der Waals surface area (Å²) < 4.78 is 0. The van der Waals surface area contributed by atoms with Crippen LogP contribution in [0.15, 0.2) is 24.3 Å². The molecule has 0 amide bonds. The monoisotopic (exact) mass is 256 g/mol. The molecule has 19 heavy (non-hydrogen) atoms.